The van der Waals surface area contributed by atoms with Crippen molar-refractivity contribution < 1.29 is 4.79 Å². The highest BCUT2D eigenvalue weighted by atomic mass is 16.2. The van der Waals surface area contributed by atoms with E-state index in [9.17, 15) is 4.79 Å². The molecule has 0 aromatic rings. The van der Waals surface area contributed by atoms with Gasteiger partial charge in [-0.1, -0.05) is 0 Å². The molecule has 0 radical (unpaired) electrons. The lowest BCUT2D eigenvalue weighted by atomic mass is 10.0. The molecule has 76 valence electrons. The van der Waals surface area contributed by atoms with Crippen LogP contribution in [0.4, 0.5) is 4.79 Å². The summed E-state index contributed by atoms with van der Waals surface area (Å²) < 4.78 is 0. The summed E-state index contributed by atoms with van der Waals surface area (Å²) in [6.07, 6.45) is 0. The number of rotatable bonds is 3. The number of likely N-dealkylation sites (tertiary alicyclic amines) is 1. The summed E-state index contributed by atoms with van der Waals surface area (Å²) in [5.74, 6) is 0.642. The molecule has 0 saturated carbocycles. The molecular formula is C9H19N3O. The number of hydrogen-bond donors (Lipinski definition) is 2. The first-order valence-electron chi connectivity index (χ1n) is 4.81. The number of hydrogen-bond acceptors (Lipinski definition) is 2. The number of carbonyl (C=O) groups excluding carboxylic acids is 1. The second-order valence-electron chi connectivity index (χ2n) is 4.10. The van der Waals surface area contributed by atoms with Crippen molar-refractivity contribution in [2.45, 2.75) is 19.9 Å². The van der Waals surface area contributed by atoms with Crippen molar-refractivity contribution in [3.63, 3.8) is 0 Å². The van der Waals surface area contributed by atoms with E-state index in [2.05, 4.69) is 22.6 Å². The number of nitrogens with zero attached hydrogens (tertiary/aromatic N) is 1. The maximum Gasteiger partial charge on any atom is 0.314 e. The molecule has 0 aromatic carbocycles. The molecule has 13 heavy (non-hydrogen) atoms. The average molecular weight is 185 g/mol. The van der Waals surface area contributed by atoms with Crippen LogP contribution in [-0.2, 0) is 0 Å². The summed E-state index contributed by atoms with van der Waals surface area (Å²) in [7, 11) is 2.09. The molecule has 1 aliphatic rings. The van der Waals surface area contributed by atoms with Gasteiger partial charge in [-0.2, -0.15) is 0 Å². The standard InChI is InChI=1S/C9H19N3O/c1-7(2)11-9(13)10-4-8-5-12(3)6-8/h7-8H,4-6H2,1-3H3,(H2,10,11,13). The third-order valence-electron chi connectivity index (χ3n) is 2.11. The summed E-state index contributed by atoms with van der Waals surface area (Å²) in [5, 5.41) is 5.65. The van der Waals surface area contributed by atoms with Gasteiger partial charge in [0.1, 0.15) is 0 Å². The van der Waals surface area contributed by atoms with Crippen molar-refractivity contribution in [3.05, 3.63) is 0 Å². The van der Waals surface area contributed by atoms with Gasteiger partial charge < -0.3 is 15.5 Å². The zero-order chi connectivity index (χ0) is 9.84. The second kappa shape index (κ2) is 4.46. The van der Waals surface area contributed by atoms with Crippen molar-refractivity contribution in [2.24, 2.45) is 5.92 Å². The Hall–Kier alpha value is -0.770. The molecule has 0 spiro atoms. The summed E-state index contributed by atoms with van der Waals surface area (Å²) in [4.78, 5) is 13.4. The van der Waals surface area contributed by atoms with E-state index in [1.165, 1.54) is 0 Å². The molecule has 0 aromatic heterocycles. The van der Waals surface area contributed by atoms with Crippen LogP contribution in [0.2, 0.25) is 0 Å². The molecule has 1 aliphatic heterocycles. The van der Waals surface area contributed by atoms with Crippen molar-refractivity contribution in [1.29, 1.82) is 0 Å². The van der Waals surface area contributed by atoms with Gasteiger partial charge in [0.05, 0.1) is 0 Å². The minimum absolute atomic E-state index is 0.0513. The van der Waals surface area contributed by atoms with E-state index in [-0.39, 0.29) is 12.1 Å². The van der Waals surface area contributed by atoms with Crippen LogP contribution in [0.5, 0.6) is 0 Å². The highest BCUT2D eigenvalue weighted by Gasteiger charge is 2.23. The van der Waals surface area contributed by atoms with Crippen LogP contribution in [-0.4, -0.2) is 43.7 Å². The van der Waals surface area contributed by atoms with Crippen LogP contribution >= 0.6 is 0 Å². The molecule has 0 aliphatic carbocycles. The van der Waals surface area contributed by atoms with Crippen LogP contribution in [0.3, 0.4) is 0 Å². The largest absolute Gasteiger partial charge is 0.338 e. The zero-order valence-corrected chi connectivity index (χ0v) is 8.63. The van der Waals surface area contributed by atoms with E-state index in [0.717, 1.165) is 19.6 Å². The lowest BCUT2D eigenvalue weighted by Crippen LogP contribution is -2.51. The van der Waals surface area contributed by atoms with Crippen LogP contribution in [0.15, 0.2) is 0 Å². The molecule has 0 bridgehead atoms. The van der Waals surface area contributed by atoms with Crippen molar-refractivity contribution in [2.75, 3.05) is 26.7 Å². The minimum Gasteiger partial charge on any atom is -0.338 e. The highest BCUT2D eigenvalue weighted by molar-refractivity contribution is 5.74. The Bertz CT molecular complexity index is 176. The Morgan fingerprint density at radius 2 is 2.15 bits per heavy atom. The van der Waals surface area contributed by atoms with Crippen LogP contribution < -0.4 is 10.6 Å². The normalized spacial score (nSPS) is 18.5. The predicted octanol–water partition coefficient (Wildman–Crippen LogP) is 0.256. The van der Waals surface area contributed by atoms with Gasteiger partial charge in [0.25, 0.3) is 0 Å². The fraction of sp³-hybridized carbons (Fsp3) is 0.889. The first-order chi connectivity index (χ1) is 6.08. The van der Waals surface area contributed by atoms with Gasteiger partial charge in [-0.3, -0.25) is 0 Å². The summed E-state index contributed by atoms with van der Waals surface area (Å²) in [6.45, 7) is 6.90. The molecule has 0 unspecified atom stereocenters. The summed E-state index contributed by atoms with van der Waals surface area (Å²) in [6, 6.07) is 0.161. The first-order valence-corrected chi connectivity index (χ1v) is 4.81. The molecule has 1 fully saturated rings. The lowest BCUT2D eigenvalue weighted by molar-refractivity contribution is 0.133. The van der Waals surface area contributed by atoms with E-state index in [1.54, 1.807) is 0 Å². The number of nitrogens with one attached hydrogen (secondary N) is 2. The third-order valence-corrected chi connectivity index (χ3v) is 2.11. The topological polar surface area (TPSA) is 44.4 Å². The predicted molar refractivity (Wildman–Crippen MR) is 52.7 cm³/mol. The van der Waals surface area contributed by atoms with E-state index < -0.39 is 0 Å². The Labute approximate surface area is 79.7 Å². The first kappa shape index (κ1) is 10.3. The Balaban J connectivity index is 2.02. The fourth-order valence-electron chi connectivity index (χ4n) is 1.51. The molecule has 1 heterocycles. The maximum atomic E-state index is 11.1. The fourth-order valence-corrected chi connectivity index (χ4v) is 1.51. The average Bonchev–Trinajstić information content (AvgIpc) is 1.94. The maximum absolute atomic E-state index is 11.1. The summed E-state index contributed by atoms with van der Waals surface area (Å²) in [5.41, 5.74) is 0. The Kier molecular flexibility index (Phi) is 3.54. The quantitative estimate of drug-likeness (QED) is 0.662. The van der Waals surface area contributed by atoms with Crippen LogP contribution in [0, 0.1) is 5.92 Å². The van der Waals surface area contributed by atoms with Crippen LogP contribution in [0.25, 0.3) is 0 Å². The van der Waals surface area contributed by atoms with E-state index in [1.807, 2.05) is 13.8 Å². The van der Waals surface area contributed by atoms with E-state index in [4.69, 9.17) is 0 Å². The third kappa shape index (κ3) is 3.63. The molecular weight excluding hydrogens is 166 g/mol. The molecule has 2 amide bonds. The zero-order valence-electron chi connectivity index (χ0n) is 8.63. The Morgan fingerprint density at radius 1 is 1.54 bits per heavy atom. The van der Waals surface area contributed by atoms with Gasteiger partial charge in [0.2, 0.25) is 0 Å². The minimum atomic E-state index is -0.0513. The molecule has 4 heteroatoms. The number of carbonyl (C=O) groups is 1. The number of amides is 2. The molecule has 1 rings (SSSR count). The Morgan fingerprint density at radius 3 is 2.62 bits per heavy atom. The smallest absolute Gasteiger partial charge is 0.314 e. The van der Waals surface area contributed by atoms with Gasteiger partial charge in [0, 0.05) is 31.6 Å². The second-order valence-corrected chi connectivity index (χ2v) is 4.10. The SMILES string of the molecule is CC(C)NC(=O)NCC1CN(C)C1. The highest BCUT2D eigenvalue weighted by Crippen LogP contribution is 2.10. The van der Waals surface area contributed by atoms with E-state index >= 15 is 0 Å². The van der Waals surface area contributed by atoms with E-state index in [0.29, 0.717) is 5.92 Å². The van der Waals surface area contributed by atoms with Crippen LogP contribution in [0.1, 0.15) is 13.8 Å². The number of urea groups is 1. The van der Waals surface area contributed by atoms with Gasteiger partial charge in [-0.05, 0) is 20.9 Å². The lowest BCUT2D eigenvalue weighted by Gasteiger charge is -2.36. The molecule has 1 saturated heterocycles. The van der Waals surface area contributed by atoms with Gasteiger partial charge >= 0.3 is 6.03 Å². The van der Waals surface area contributed by atoms with Gasteiger partial charge in [-0.25, -0.2) is 4.79 Å². The van der Waals surface area contributed by atoms with Gasteiger partial charge in [0.15, 0.2) is 0 Å². The molecule has 4 nitrogen and oxygen atoms in total. The van der Waals surface area contributed by atoms with Crippen molar-refractivity contribution in [3.8, 4) is 0 Å². The summed E-state index contributed by atoms with van der Waals surface area (Å²) >= 11 is 0. The monoisotopic (exact) mass is 185 g/mol. The van der Waals surface area contributed by atoms with Crippen molar-refractivity contribution >= 4 is 6.03 Å². The van der Waals surface area contributed by atoms with Gasteiger partial charge in [-0.15, -0.1) is 0 Å². The molecule has 0 atom stereocenters. The van der Waals surface area contributed by atoms with Crippen molar-refractivity contribution in [1.82, 2.24) is 15.5 Å². The molecule has 2 N–H and O–H groups in total.